The summed E-state index contributed by atoms with van der Waals surface area (Å²) in [6, 6.07) is 6.30. The van der Waals surface area contributed by atoms with Crippen molar-refractivity contribution in [3.63, 3.8) is 0 Å². The van der Waals surface area contributed by atoms with E-state index >= 15 is 0 Å². The van der Waals surface area contributed by atoms with Gasteiger partial charge in [0.25, 0.3) is 0 Å². The summed E-state index contributed by atoms with van der Waals surface area (Å²) in [5.74, 6) is 0. The molecule has 2 aromatic rings. The van der Waals surface area contributed by atoms with E-state index in [1.807, 2.05) is 11.7 Å². The van der Waals surface area contributed by atoms with Gasteiger partial charge in [0.2, 0.25) is 0 Å². The Bertz CT molecular complexity index is 420. The zero-order chi connectivity index (χ0) is 10.7. The SMILES string of the molecule is Cc1cc(Br)cc(NCc2cncs2)c1. The molecule has 0 atom stereocenters. The summed E-state index contributed by atoms with van der Waals surface area (Å²) in [4.78, 5) is 5.28. The minimum Gasteiger partial charge on any atom is -0.380 e. The molecule has 2 nitrogen and oxygen atoms in total. The van der Waals surface area contributed by atoms with E-state index < -0.39 is 0 Å². The lowest BCUT2D eigenvalue weighted by Crippen LogP contribution is -1.97. The molecule has 2 rings (SSSR count). The van der Waals surface area contributed by atoms with Crippen molar-refractivity contribution >= 4 is 33.0 Å². The molecular weight excluding hydrogens is 272 g/mol. The highest BCUT2D eigenvalue weighted by molar-refractivity contribution is 9.10. The summed E-state index contributed by atoms with van der Waals surface area (Å²) in [6.07, 6.45) is 1.89. The number of benzene rings is 1. The number of thiazole rings is 1. The third-order valence-corrected chi connectivity index (χ3v) is 3.23. The van der Waals surface area contributed by atoms with E-state index in [0.717, 1.165) is 16.7 Å². The van der Waals surface area contributed by atoms with Crippen LogP contribution in [0.15, 0.2) is 34.4 Å². The van der Waals surface area contributed by atoms with Gasteiger partial charge in [-0.3, -0.25) is 4.98 Å². The average Bonchev–Trinajstić information content (AvgIpc) is 2.65. The zero-order valence-electron chi connectivity index (χ0n) is 8.33. The normalized spacial score (nSPS) is 10.3. The fourth-order valence-electron chi connectivity index (χ4n) is 1.36. The smallest absolute Gasteiger partial charge is 0.0794 e. The molecule has 0 saturated carbocycles. The Balaban J connectivity index is 2.05. The van der Waals surface area contributed by atoms with E-state index in [1.54, 1.807) is 11.3 Å². The van der Waals surface area contributed by atoms with Crippen molar-refractivity contribution in [2.24, 2.45) is 0 Å². The van der Waals surface area contributed by atoms with Crippen molar-refractivity contribution in [2.75, 3.05) is 5.32 Å². The molecule has 1 aromatic heterocycles. The van der Waals surface area contributed by atoms with Crippen molar-refractivity contribution in [1.29, 1.82) is 0 Å². The van der Waals surface area contributed by atoms with Gasteiger partial charge in [-0.25, -0.2) is 0 Å². The first-order valence-electron chi connectivity index (χ1n) is 4.62. The second kappa shape index (κ2) is 4.77. The monoisotopic (exact) mass is 282 g/mol. The van der Waals surface area contributed by atoms with Gasteiger partial charge in [0.15, 0.2) is 0 Å². The minimum atomic E-state index is 0.834. The summed E-state index contributed by atoms with van der Waals surface area (Å²) in [6.45, 7) is 2.92. The van der Waals surface area contributed by atoms with Crippen LogP contribution < -0.4 is 5.32 Å². The Morgan fingerprint density at radius 2 is 2.27 bits per heavy atom. The zero-order valence-corrected chi connectivity index (χ0v) is 10.7. The summed E-state index contributed by atoms with van der Waals surface area (Å²) >= 11 is 5.15. The highest BCUT2D eigenvalue weighted by Gasteiger charge is 1.97. The van der Waals surface area contributed by atoms with Crippen molar-refractivity contribution in [2.45, 2.75) is 13.5 Å². The molecule has 0 bridgehead atoms. The lowest BCUT2D eigenvalue weighted by Gasteiger charge is -2.06. The van der Waals surface area contributed by atoms with E-state index in [1.165, 1.54) is 10.4 Å². The van der Waals surface area contributed by atoms with Crippen molar-refractivity contribution in [1.82, 2.24) is 4.98 Å². The molecule has 1 aromatic carbocycles. The van der Waals surface area contributed by atoms with Crippen LogP contribution in [0.5, 0.6) is 0 Å². The van der Waals surface area contributed by atoms with Gasteiger partial charge in [0.1, 0.15) is 0 Å². The van der Waals surface area contributed by atoms with Crippen molar-refractivity contribution < 1.29 is 0 Å². The summed E-state index contributed by atoms with van der Waals surface area (Å²) in [7, 11) is 0. The summed E-state index contributed by atoms with van der Waals surface area (Å²) < 4.78 is 1.11. The van der Waals surface area contributed by atoms with Crippen molar-refractivity contribution in [3.05, 3.63) is 44.8 Å². The number of aryl methyl sites for hydroxylation is 1. The molecule has 78 valence electrons. The minimum absolute atomic E-state index is 0.834. The number of hydrogen-bond donors (Lipinski definition) is 1. The summed E-state index contributed by atoms with van der Waals surface area (Å²) in [5, 5.41) is 3.37. The van der Waals surface area contributed by atoms with E-state index in [4.69, 9.17) is 0 Å². The van der Waals surface area contributed by atoms with Gasteiger partial charge in [-0.1, -0.05) is 15.9 Å². The van der Waals surface area contributed by atoms with Crippen LogP contribution in [0.4, 0.5) is 5.69 Å². The number of hydrogen-bond acceptors (Lipinski definition) is 3. The molecule has 0 aliphatic carbocycles. The summed E-state index contributed by atoms with van der Waals surface area (Å²) in [5.41, 5.74) is 4.23. The molecule has 1 heterocycles. The maximum absolute atomic E-state index is 4.04. The molecular formula is C11H11BrN2S. The van der Waals surface area contributed by atoms with Gasteiger partial charge < -0.3 is 5.32 Å². The molecule has 15 heavy (non-hydrogen) atoms. The second-order valence-electron chi connectivity index (χ2n) is 3.34. The van der Waals surface area contributed by atoms with Crippen molar-refractivity contribution in [3.8, 4) is 0 Å². The Morgan fingerprint density at radius 3 is 2.93 bits per heavy atom. The predicted molar refractivity (Wildman–Crippen MR) is 68.3 cm³/mol. The van der Waals surface area contributed by atoms with Gasteiger partial charge in [0, 0.05) is 21.2 Å². The maximum Gasteiger partial charge on any atom is 0.0794 e. The first kappa shape index (κ1) is 10.6. The van der Waals surface area contributed by atoms with Crippen LogP contribution >= 0.6 is 27.3 Å². The van der Waals surface area contributed by atoms with Crippen LogP contribution in [-0.4, -0.2) is 4.98 Å². The van der Waals surface area contributed by atoms with Crippen LogP contribution in [0.2, 0.25) is 0 Å². The number of nitrogens with zero attached hydrogens (tertiary/aromatic N) is 1. The molecule has 0 saturated heterocycles. The largest absolute Gasteiger partial charge is 0.380 e. The number of anilines is 1. The lowest BCUT2D eigenvalue weighted by atomic mass is 10.2. The maximum atomic E-state index is 4.04. The molecule has 0 unspecified atom stereocenters. The highest BCUT2D eigenvalue weighted by atomic mass is 79.9. The van der Waals surface area contributed by atoms with Crippen LogP contribution in [0.3, 0.4) is 0 Å². The number of nitrogens with one attached hydrogen (secondary N) is 1. The first-order chi connectivity index (χ1) is 7.24. The van der Waals surface area contributed by atoms with E-state index in [2.05, 4.69) is 51.4 Å². The Hall–Kier alpha value is -0.870. The Labute approximate surface area is 101 Å². The molecule has 4 heteroatoms. The van der Waals surface area contributed by atoms with Gasteiger partial charge in [0.05, 0.1) is 12.1 Å². The number of rotatable bonds is 3. The third kappa shape index (κ3) is 3.04. The molecule has 0 fully saturated rings. The Kier molecular flexibility index (Phi) is 3.38. The molecule has 0 spiro atoms. The highest BCUT2D eigenvalue weighted by Crippen LogP contribution is 2.20. The van der Waals surface area contributed by atoms with Gasteiger partial charge in [-0.15, -0.1) is 11.3 Å². The van der Waals surface area contributed by atoms with Crippen LogP contribution in [0.1, 0.15) is 10.4 Å². The van der Waals surface area contributed by atoms with E-state index in [0.29, 0.717) is 0 Å². The lowest BCUT2D eigenvalue weighted by molar-refractivity contribution is 1.17. The standard InChI is InChI=1S/C11H11BrN2S/c1-8-2-9(12)4-10(3-8)14-6-11-5-13-7-15-11/h2-5,7,14H,6H2,1H3. The third-order valence-electron chi connectivity index (χ3n) is 1.99. The molecule has 0 aliphatic rings. The second-order valence-corrected chi connectivity index (χ2v) is 5.23. The molecule has 0 amide bonds. The number of aromatic nitrogens is 1. The predicted octanol–water partition coefficient (Wildman–Crippen LogP) is 3.83. The Morgan fingerprint density at radius 1 is 1.40 bits per heavy atom. The molecule has 0 aliphatic heterocycles. The number of halogens is 1. The quantitative estimate of drug-likeness (QED) is 0.926. The van der Waals surface area contributed by atoms with E-state index in [9.17, 15) is 0 Å². The van der Waals surface area contributed by atoms with Crippen LogP contribution in [-0.2, 0) is 6.54 Å². The molecule has 1 N–H and O–H groups in total. The van der Waals surface area contributed by atoms with Crippen LogP contribution in [0.25, 0.3) is 0 Å². The van der Waals surface area contributed by atoms with Gasteiger partial charge >= 0.3 is 0 Å². The first-order valence-corrected chi connectivity index (χ1v) is 6.30. The topological polar surface area (TPSA) is 24.9 Å². The van der Waals surface area contributed by atoms with E-state index in [-0.39, 0.29) is 0 Å². The molecule has 0 radical (unpaired) electrons. The van der Waals surface area contributed by atoms with Gasteiger partial charge in [-0.2, -0.15) is 0 Å². The average molecular weight is 283 g/mol. The van der Waals surface area contributed by atoms with Gasteiger partial charge in [-0.05, 0) is 30.7 Å². The fourth-order valence-corrected chi connectivity index (χ4v) is 2.50. The van der Waals surface area contributed by atoms with Crippen LogP contribution in [0, 0.1) is 6.92 Å². The fraction of sp³-hybridized carbons (Fsp3) is 0.182.